The number of hydrogen-bond acceptors (Lipinski definition) is 2. The first-order valence-electron chi connectivity index (χ1n) is 6.65. The molecule has 1 aliphatic carbocycles. The predicted octanol–water partition coefficient (Wildman–Crippen LogP) is 2.55. The van der Waals surface area contributed by atoms with Crippen LogP contribution in [-0.2, 0) is 16.0 Å². The molecule has 1 atom stereocenters. The molecule has 1 saturated carbocycles. The van der Waals surface area contributed by atoms with Crippen LogP contribution in [0.15, 0.2) is 0 Å². The number of carbonyl (C=O) groups is 2. The first-order valence-corrected chi connectivity index (χ1v) is 6.65. The number of benzene rings is 1. The third kappa shape index (κ3) is 3.10. The van der Waals surface area contributed by atoms with Gasteiger partial charge in [-0.2, -0.15) is 0 Å². The van der Waals surface area contributed by atoms with Gasteiger partial charge in [0, 0.05) is 18.4 Å². The molecule has 1 amide bonds. The van der Waals surface area contributed by atoms with Crippen molar-refractivity contribution in [3.05, 3.63) is 34.6 Å². The van der Waals surface area contributed by atoms with E-state index in [1.807, 2.05) is 0 Å². The molecular formula is C14H12F5NO2. The fourth-order valence-corrected chi connectivity index (χ4v) is 2.34. The fraction of sp³-hybridized carbons (Fsp3) is 0.429. The second kappa shape index (κ2) is 6.41. The van der Waals surface area contributed by atoms with Crippen molar-refractivity contribution in [2.24, 2.45) is 0 Å². The molecule has 0 aromatic heterocycles. The van der Waals surface area contributed by atoms with Crippen molar-refractivity contribution in [2.45, 2.75) is 38.1 Å². The van der Waals surface area contributed by atoms with Gasteiger partial charge in [0.1, 0.15) is 0 Å². The van der Waals surface area contributed by atoms with Crippen molar-refractivity contribution < 1.29 is 31.5 Å². The van der Waals surface area contributed by atoms with Gasteiger partial charge in [-0.25, -0.2) is 22.0 Å². The minimum absolute atomic E-state index is 0.135. The van der Waals surface area contributed by atoms with E-state index in [2.05, 4.69) is 5.32 Å². The molecule has 0 unspecified atom stereocenters. The Labute approximate surface area is 122 Å². The Kier molecular flexibility index (Phi) is 4.77. The largest absolute Gasteiger partial charge is 0.346 e. The van der Waals surface area contributed by atoms with Crippen LogP contribution in [0.3, 0.4) is 0 Å². The number of rotatable bonds is 4. The summed E-state index contributed by atoms with van der Waals surface area (Å²) in [6.45, 7) is 0. The molecule has 0 aliphatic heterocycles. The Balaban J connectivity index is 2.05. The summed E-state index contributed by atoms with van der Waals surface area (Å²) in [7, 11) is 0. The predicted molar refractivity (Wildman–Crippen MR) is 65.3 cm³/mol. The van der Waals surface area contributed by atoms with Gasteiger partial charge in [0.15, 0.2) is 29.1 Å². The summed E-state index contributed by atoms with van der Waals surface area (Å²) in [6.07, 6.45) is 0.331. The van der Waals surface area contributed by atoms with E-state index in [1.54, 1.807) is 0 Å². The molecule has 1 aliphatic rings. The molecule has 0 heterocycles. The molecule has 0 spiro atoms. The van der Waals surface area contributed by atoms with E-state index in [-0.39, 0.29) is 5.78 Å². The zero-order chi connectivity index (χ0) is 16.4. The first-order chi connectivity index (χ1) is 10.3. The summed E-state index contributed by atoms with van der Waals surface area (Å²) in [5.74, 6) is -11.0. The molecule has 0 radical (unpaired) electrons. The second-order valence-corrected chi connectivity index (χ2v) is 5.03. The van der Waals surface area contributed by atoms with E-state index < -0.39 is 59.4 Å². The third-order valence-corrected chi connectivity index (χ3v) is 3.54. The second-order valence-electron chi connectivity index (χ2n) is 5.03. The fourth-order valence-electron chi connectivity index (χ4n) is 2.34. The number of Topliss-reactive ketones (excluding diaryl/α,β-unsaturated/α-hetero) is 1. The van der Waals surface area contributed by atoms with Crippen LogP contribution in [0.4, 0.5) is 22.0 Å². The minimum atomic E-state index is -2.24. The van der Waals surface area contributed by atoms with E-state index in [4.69, 9.17) is 0 Å². The Morgan fingerprint density at radius 3 is 2.05 bits per heavy atom. The van der Waals surface area contributed by atoms with E-state index >= 15 is 0 Å². The molecule has 2 rings (SSSR count). The highest BCUT2D eigenvalue weighted by Gasteiger charge is 2.28. The Morgan fingerprint density at radius 1 is 1.00 bits per heavy atom. The van der Waals surface area contributed by atoms with Gasteiger partial charge in [-0.05, 0) is 19.3 Å². The number of nitrogens with one attached hydrogen (secondary N) is 1. The average Bonchev–Trinajstić information content (AvgIpc) is 2.88. The first kappa shape index (κ1) is 16.4. The SMILES string of the molecule is O=C(CCc1c(F)c(F)c(F)c(F)c1F)N[C@@H]1CCCC1=O. The number of halogens is 5. The molecule has 1 aromatic carbocycles. The molecular weight excluding hydrogens is 309 g/mol. The lowest BCUT2D eigenvalue weighted by Gasteiger charge is -2.11. The lowest BCUT2D eigenvalue weighted by atomic mass is 10.1. The summed E-state index contributed by atoms with van der Waals surface area (Å²) < 4.78 is 65.7. The van der Waals surface area contributed by atoms with Gasteiger partial charge in [0.2, 0.25) is 11.7 Å². The zero-order valence-electron chi connectivity index (χ0n) is 11.3. The van der Waals surface area contributed by atoms with Crippen LogP contribution in [0, 0.1) is 29.1 Å². The molecule has 3 nitrogen and oxygen atoms in total. The van der Waals surface area contributed by atoms with Crippen LogP contribution in [0.25, 0.3) is 0 Å². The Morgan fingerprint density at radius 2 is 1.55 bits per heavy atom. The lowest BCUT2D eigenvalue weighted by Crippen LogP contribution is -2.37. The molecule has 22 heavy (non-hydrogen) atoms. The quantitative estimate of drug-likeness (QED) is 0.526. The highest BCUT2D eigenvalue weighted by Crippen LogP contribution is 2.24. The smallest absolute Gasteiger partial charge is 0.220 e. The highest BCUT2D eigenvalue weighted by atomic mass is 19.2. The van der Waals surface area contributed by atoms with Gasteiger partial charge in [0.25, 0.3) is 0 Å². The van der Waals surface area contributed by atoms with Crippen LogP contribution >= 0.6 is 0 Å². The van der Waals surface area contributed by atoms with E-state index in [0.717, 1.165) is 0 Å². The van der Waals surface area contributed by atoms with Gasteiger partial charge in [-0.1, -0.05) is 0 Å². The van der Waals surface area contributed by atoms with Crippen LogP contribution in [-0.4, -0.2) is 17.7 Å². The van der Waals surface area contributed by atoms with Gasteiger partial charge >= 0.3 is 0 Å². The van der Waals surface area contributed by atoms with Crippen molar-refractivity contribution in [1.82, 2.24) is 5.32 Å². The summed E-state index contributed by atoms with van der Waals surface area (Å²) in [5, 5.41) is 2.38. The van der Waals surface area contributed by atoms with Gasteiger partial charge < -0.3 is 5.32 Å². The van der Waals surface area contributed by atoms with Gasteiger partial charge in [-0.15, -0.1) is 0 Å². The number of hydrogen-bond donors (Lipinski definition) is 1. The Hall–Kier alpha value is -1.99. The monoisotopic (exact) mass is 321 g/mol. The molecule has 1 fully saturated rings. The number of ketones is 1. The van der Waals surface area contributed by atoms with Crippen molar-refractivity contribution in [2.75, 3.05) is 0 Å². The molecule has 120 valence electrons. The van der Waals surface area contributed by atoms with Crippen LogP contribution < -0.4 is 5.32 Å². The summed E-state index contributed by atoms with van der Waals surface area (Å²) >= 11 is 0. The topological polar surface area (TPSA) is 46.2 Å². The van der Waals surface area contributed by atoms with E-state index in [9.17, 15) is 31.5 Å². The van der Waals surface area contributed by atoms with Crippen LogP contribution in [0.2, 0.25) is 0 Å². The number of amides is 1. The van der Waals surface area contributed by atoms with Crippen molar-refractivity contribution >= 4 is 11.7 Å². The molecule has 0 saturated heterocycles. The maximum Gasteiger partial charge on any atom is 0.220 e. The van der Waals surface area contributed by atoms with Crippen molar-refractivity contribution in [3.8, 4) is 0 Å². The van der Waals surface area contributed by atoms with Crippen LogP contribution in [0.5, 0.6) is 0 Å². The molecule has 1 N–H and O–H groups in total. The van der Waals surface area contributed by atoms with E-state index in [1.165, 1.54) is 0 Å². The van der Waals surface area contributed by atoms with Gasteiger partial charge in [-0.3, -0.25) is 9.59 Å². The van der Waals surface area contributed by atoms with E-state index in [0.29, 0.717) is 19.3 Å². The third-order valence-electron chi connectivity index (χ3n) is 3.54. The summed E-state index contributed by atoms with van der Waals surface area (Å²) in [4.78, 5) is 23.0. The minimum Gasteiger partial charge on any atom is -0.346 e. The average molecular weight is 321 g/mol. The van der Waals surface area contributed by atoms with Crippen molar-refractivity contribution in [3.63, 3.8) is 0 Å². The Bertz CT molecular complexity index is 603. The normalized spacial score (nSPS) is 17.9. The summed E-state index contributed by atoms with van der Waals surface area (Å²) in [5.41, 5.74) is -1.04. The molecule has 1 aromatic rings. The lowest BCUT2D eigenvalue weighted by molar-refractivity contribution is -0.126. The van der Waals surface area contributed by atoms with Crippen molar-refractivity contribution in [1.29, 1.82) is 0 Å². The maximum atomic E-state index is 13.4. The van der Waals surface area contributed by atoms with Crippen LogP contribution in [0.1, 0.15) is 31.2 Å². The van der Waals surface area contributed by atoms with Gasteiger partial charge in [0.05, 0.1) is 6.04 Å². The summed E-state index contributed by atoms with van der Waals surface area (Å²) in [6, 6.07) is -0.635. The molecule has 8 heteroatoms. The maximum absolute atomic E-state index is 13.4. The zero-order valence-corrected chi connectivity index (χ0v) is 11.3. The number of carbonyl (C=O) groups excluding carboxylic acids is 2. The molecule has 0 bridgehead atoms. The highest BCUT2D eigenvalue weighted by molar-refractivity contribution is 5.90. The standard InChI is InChI=1S/C14H12F5NO2/c15-10-6(11(16)13(18)14(19)12(10)17)4-5-9(22)20-7-2-1-3-8(7)21/h7H,1-5H2,(H,20,22)/t7-/m1/s1.